The maximum absolute atomic E-state index is 13.5. The van der Waals surface area contributed by atoms with Crippen molar-refractivity contribution in [2.75, 3.05) is 47.5 Å². The number of methoxy groups -OCH3 is 3. The Hall–Kier alpha value is -3.52. The van der Waals surface area contributed by atoms with Gasteiger partial charge in [0.25, 0.3) is 5.91 Å². The molecule has 1 amide bonds. The predicted molar refractivity (Wildman–Crippen MR) is 133 cm³/mol. The lowest BCUT2D eigenvalue weighted by Gasteiger charge is -2.34. The molecule has 5 rings (SSSR count). The van der Waals surface area contributed by atoms with Gasteiger partial charge >= 0.3 is 0 Å². The minimum atomic E-state index is 0.0428. The van der Waals surface area contributed by atoms with E-state index in [0.29, 0.717) is 42.6 Å². The number of carbonyl (C=O) groups excluding carboxylic acids is 1. The summed E-state index contributed by atoms with van der Waals surface area (Å²) in [6, 6.07) is 14.0. The number of ether oxygens (including phenoxy) is 3. The quantitative estimate of drug-likeness (QED) is 0.521. The second-order valence-corrected chi connectivity index (χ2v) is 8.94. The Balaban J connectivity index is 1.29. The van der Waals surface area contributed by atoms with Crippen molar-refractivity contribution < 1.29 is 19.0 Å². The second kappa shape index (κ2) is 10.00. The fourth-order valence-corrected chi connectivity index (χ4v) is 5.18. The van der Waals surface area contributed by atoms with E-state index in [1.54, 1.807) is 21.3 Å². The third kappa shape index (κ3) is 4.34. The van der Waals surface area contributed by atoms with Gasteiger partial charge in [0.2, 0.25) is 5.75 Å². The molecule has 2 aliphatic rings. The van der Waals surface area contributed by atoms with Crippen molar-refractivity contribution in [3.8, 4) is 22.9 Å². The number of para-hydroxylation sites is 1. The molecular weight excluding hydrogens is 444 g/mol. The molecule has 0 N–H and O–H groups in total. The summed E-state index contributed by atoms with van der Waals surface area (Å²) >= 11 is 0. The Bertz CT molecular complexity index is 1200. The Labute approximate surface area is 206 Å². The molecule has 0 atom stereocenters. The zero-order chi connectivity index (χ0) is 24.4. The lowest BCUT2D eigenvalue weighted by molar-refractivity contribution is 0.0620. The summed E-state index contributed by atoms with van der Waals surface area (Å²) in [6.07, 6.45) is 2.95. The van der Waals surface area contributed by atoms with Crippen LogP contribution in [-0.2, 0) is 19.4 Å². The van der Waals surface area contributed by atoms with Gasteiger partial charge in [-0.05, 0) is 37.5 Å². The van der Waals surface area contributed by atoms with Crippen LogP contribution in [0.25, 0.3) is 5.69 Å². The Morgan fingerprint density at radius 2 is 1.63 bits per heavy atom. The molecule has 1 aromatic heterocycles. The molecule has 1 saturated heterocycles. The third-order valence-electron chi connectivity index (χ3n) is 6.97. The molecule has 3 aromatic rings. The summed E-state index contributed by atoms with van der Waals surface area (Å²) in [5.41, 5.74) is 4.97. The number of piperazine rings is 1. The number of hydrogen-bond acceptors (Lipinski definition) is 6. The topological polar surface area (TPSA) is 69.1 Å². The first-order valence-corrected chi connectivity index (χ1v) is 12.1. The van der Waals surface area contributed by atoms with E-state index in [-0.39, 0.29) is 5.91 Å². The summed E-state index contributed by atoms with van der Waals surface area (Å²) in [6.45, 7) is 3.61. The second-order valence-electron chi connectivity index (χ2n) is 8.94. The largest absolute Gasteiger partial charge is 0.493 e. The Morgan fingerprint density at radius 3 is 2.31 bits per heavy atom. The molecule has 184 valence electrons. The van der Waals surface area contributed by atoms with Crippen molar-refractivity contribution in [1.82, 2.24) is 19.6 Å². The van der Waals surface area contributed by atoms with E-state index in [0.717, 1.165) is 49.2 Å². The van der Waals surface area contributed by atoms with E-state index in [9.17, 15) is 4.79 Å². The third-order valence-corrected chi connectivity index (χ3v) is 6.97. The lowest BCUT2D eigenvalue weighted by Crippen LogP contribution is -2.48. The zero-order valence-electron chi connectivity index (χ0n) is 20.6. The van der Waals surface area contributed by atoms with Crippen LogP contribution in [0.4, 0.5) is 0 Å². The number of fused-ring (bicyclic) bond motifs is 1. The Morgan fingerprint density at radius 1 is 0.886 bits per heavy atom. The van der Waals surface area contributed by atoms with Gasteiger partial charge in [0.05, 0.1) is 27.0 Å². The van der Waals surface area contributed by atoms with Gasteiger partial charge in [-0.3, -0.25) is 9.69 Å². The van der Waals surface area contributed by atoms with E-state index in [1.807, 2.05) is 52.0 Å². The van der Waals surface area contributed by atoms with E-state index in [2.05, 4.69) is 4.90 Å². The van der Waals surface area contributed by atoms with Crippen LogP contribution in [0.3, 0.4) is 0 Å². The van der Waals surface area contributed by atoms with Gasteiger partial charge < -0.3 is 19.1 Å². The first-order chi connectivity index (χ1) is 17.1. The number of rotatable bonds is 7. The van der Waals surface area contributed by atoms with Gasteiger partial charge in [-0.15, -0.1) is 0 Å². The molecule has 8 nitrogen and oxygen atoms in total. The molecule has 0 radical (unpaired) electrons. The average Bonchev–Trinajstić information content (AvgIpc) is 3.52. The minimum absolute atomic E-state index is 0.0428. The first-order valence-electron chi connectivity index (χ1n) is 12.1. The highest BCUT2D eigenvalue weighted by Gasteiger charge is 2.31. The molecule has 35 heavy (non-hydrogen) atoms. The fraction of sp³-hybridized carbons (Fsp3) is 0.407. The summed E-state index contributed by atoms with van der Waals surface area (Å²) < 4.78 is 18.5. The van der Waals surface area contributed by atoms with Crippen LogP contribution in [0.15, 0.2) is 42.5 Å². The van der Waals surface area contributed by atoms with Gasteiger partial charge in [0.15, 0.2) is 17.2 Å². The average molecular weight is 477 g/mol. The molecular formula is C27H32N4O4. The SMILES string of the molecule is COc1ccc(CN2CCN(C(=O)c3nn(-c4ccccc4)c4c3CCC4)CC2)c(OC)c1OC. The van der Waals surface area contributed by atoms with E-state index in [1.165, 1.54) is 5.69 Å². The molecule has 2 heterocycles. The molecule has 0 saturated carbocycles. The van der Waals surface area contributed by atoms with Crippen molar-refractivity contribution in [3.05, 3.63) is 65.0 Å². The summed E-state index contributed by atoms with van der Waals surface area (Å²) in [7, 11) is 4.88. The molecule has 8 heteroatoms. The number of amides is 1. The number of nitrogens with zero attached hydrogens (tertiary/aromatic N) is 4. The van der Waals surface area contributed by atoms with Crippen LogP contribution in [0.1, 0.15) is 33.7 Å². The normalized spacial score (nSPS) is 15.7. The maximum atomic E-state index is 13.5. The van der Waals surface area contributed by atoms with E-state index < -0.39 is 0 Å². The molecule has 1 fully saturated rings. The minimum Gasteiger partial charge on any atom is -0.493 e. The number of hydrogen-bond donors (Lipinski definition) is 0. The highest BCUT2D eigenvalue weighted by Crippen LogP contribution is 2.40. The predicted octanol–water partition coefficient (Wildman–Crippen LogP) is 3.34. The highest BCUT2D eigenvalue weighted by atomic mass is 16.5. The molecule has 2 aromatic carbocycles. The number of aromatic nitrogens is 2. The van der Waals surface area contributed by atoms with Gasteiger partial charge in [-0.1, -0.05) is 24.3 Å². The van der Waals surface area contributed by atoms with Gasteiger partial charge in [-0.25, -0.2) is 4.68 Å². The summed E-state index contributed by atoms with van der Waals surface area (Å²) in [5.74, 6) is 1.98. The van der Waals surface area contributed by atoms with Crippen molar-refractivity contribution in [1.29, 1.82) is 0 Å². The van der Waals surface area contributed by atoms with Crippen LogP contribution >= 0.6 is 0 Å². The van der Waals surface area contributed by atoms with Gasteiger partial charge in [-0.2, -0.15) is 5.10 Å². The van der Waals surface area contributed by atoms with Crippen molar-refractivity contribution in [3.63, 3.8) is 0 Å². The number of carbonyl (C=O) groups is 1. The lowest BCUT2D eigenvalue weighted by atomic mass is 10.1. The number of benzene rings is 2. The molecule has 0 spiro atoms. The van der Waals surface area contributed by atoms with Gasteiger partial charge in [0, 0.05) is 49.5 Å². The van der Waals surface area contributed by atoms with E-state index in [4.69, 9.17) is 19.3 Å². The smallest absolute Gasteiger partial charge is 0.274 e. The standard InChI is InChI=1S/C27H32N4O4/c1-33-23-13-12-19(25(34-2)26(23)35-3)18-29-14-16-30(17-15-29)27(32)24-21-10-7-11-22(21)31(28-24)20-8-5-4-6-9-20/h4-6,8-9,12-13H,7,10-11,14-18H2,1-3H3. The fourth-order valence-electron chi connectivity index (χ4n) is 5.18. The van der Waals surface area contributed by atoms with Crippen LogP contribution in [-0.4, -0.2) is 73.0 Å². The Kier molecular flexibility index (Phi) is 6.63. The summed E-state index contributed by atoms with van der Waals surface area (Å²) in [5, 5.41) is 4.79. The molecule has 0 unspecified atom stereocenters. The van der Waals surface area contributed by atoms with Crippen LogP contribution in [0.2, 0.25) is 0 Å². The first kappa shape index (κ1) is 23.2. The monoisotopic (exact) mass is 476 g/mol. The zero-order valence-corrected chi connectivity index (χ0v) is 20.6. The molecule has 1 aliphatic heterocycles. The highest BCUT2D eigenvalue weighted by molar-refractivity contribution is 5.94. The van der Waals surface area contributed by atoms with Crippen LogP contribution in [0.5, 0.6) is 17.2 Å². The summed E-state index contributed by atoms with van der Waals surface area (Å²) in [4.78, 5) is 17.8. The maximum Gasteiger partial charge on any atom is 0.274 e. The van der Waals surface area contributed by atoms with Crippen molar-refractivity contribution >= 4 is 5.91 Å². The van der Waals surface area contributed by atoms with Crippen LogP contribution in [0, 0.1) is 0 Å². The van der Waals surface area contributed by atoms with Crippen molar-refractivity contribution in [2.45, 2.75) is 25.8 Å². The van der Waals surface area contributed by atoms with E-state index >= 15 is 0 Å². The van der Waals surface area contributed by atoms with Crippen LogP contribution < -0.4 is 14.2 Å². The van der Waals surface area contributed by atoms with Crippen molar-refractivity contribution in [2.24, 2.45) is 0 Å². The molecule has 0 bridgehead atoms. The molecule has 1 aliphatic carbocycles. The van der Waals surface area contributed by atoms with Gasteiger partial charge in [0.1, 0.15) is 0 Å².